The van der Waals surface area contributed by atoms with Crippen LogP contribution in [0.15, 0.2) is 60.7 Å². The van der Waals surface area contributed by atoms with Crippen molar-refractivity contribution in [1.82, 2.24) is 4.57 Å². The molecule has 4 aromatic rings. The number of fused-ring (bicyclic) bond motifs is 3. The van der Waals surface area contributed by atoms with E-state index in [1.807, 2.05) is 49.5 Å². The van der Waals surface area contributed by atoms with Crippen molar-refractivity contribution < 1.29 is 5.11 Å². The summed E-state index contributed by atoms with van der Waals surface area (Å²) < 4.78 is 2.14. The summed E-state index contributed by atoms with van der Waals surface area (Å²) in [4.78, 5) is 0. The van der Waals surface area contributed by atoms with E-state index in [4.69, 9.17) is 5.73 Å². The lowest BCUT2D eigenvalue weighted by Gasteiger charge is -2.07. The Morgan fingerprint density at radius 1 is 0.773 bits per heavy atom. The second kappa shape index (κ2) is 4.53. The summed E-state index contributed by atoms with van der Waals surface area (Å²) >= 11 is 0. The molecule has 3 aromatic carbocycles. The van der Waals surface area contributed by atoms with Crippen LogP contribution < -0.4 is 5.73 Å². The number of hydrogen-bond donors (Lipinski definition) is 2. The first-order valence-electron chi connectivity index (χ1n) is 7.22. The number of nitrogens with zero attached hydrogens (tertiary/aromatic N) is 1. The summed E-state index contributed by atoms with van der Waals surface area (Å²) in [6, 6.07) is 19.5. The second-order valence-corrected chi connectivity index (χ2v) is 5.52. The van der Waals surface area contributed by atoms with E-state index in [1.54, 1.807) is 6.07 Å². The van der Waals surface area contributed by atoms with Gasteiger partial charge in [-0.25, -0.2) is 0 Å². The standard InChI is InChI=1S/C19H16N2O/c1-21-15-9-4-7-13(12-6-2-3-11-17(12)22)18(15)19-14(20)8-5-10-16(19)21/h2-11,22H,20H2,1H3. The van der Waals surface area contributed by atoms with Crippen LogP contribution in [0.25, 0.3) is 32.9 Å². The Morgan fingerprint density at radius 3 is 2.18 bits per heavy atom. The second-order valence-electron chi connectivity index (χ2n) is 5.52. The highest BCUT2D eigenvalue weighted by Crippen LogP contribution is 2.40. The molecule has 0 unspecified atom stereocenters. The van der Waals surface area contributed by atoms with Crippen molar-refractivity contribution in [3.05, 3.63) is 60.7 Å². The van der Waals surface area contributed by atoms with E-state index in [-0.39, 0.29) is 5.75 Å². The number of aromatic hydroxyl groups is 1. The van der Waals surface area contributed by atoms with Crippen molar-refractivity contribution >= 4 is 27.5 Å². The molecular weight excluding hydrogens is 272 g/mol. The fourth-order valence-electron chi connectivity index (χ4n) is 3.25. The van der Waals surface area contributed by atoms with Gasteiger partial charge in [0.05, 0.1) is 5.52 Å². The quantitative estimate of drug-likeness (QED) is 0.513. The molecular formula is C19H16N2O. The highest BCUT2D eigenvalue weighted by molar-refractivity contribution is 6.19. The lowest BCUT2D eigenvalue weighted by Crippen LogP contribution is -1.87. The summed E-state index contributed by atoms with van der Waals surface area (Å²) in [5.74, 6) is 0.279. The van der Waals surface area contributed by atoms with Crippen LogP contribution in [0.4, 0.5) is 5.69 Å². The lowest BCUT2D eigenvalue weighted by molar-refractivity contribution is 0.477. The number of benzene rings is 3. The van der Waals surface area contributed by atoms with Gasteiger partial charge in [0.1, 0.15) is 5.75 Å². The predicted octanol–water partition coefficient (Wildman–Crippen LogP) is 4.29. The number of phenols is 1. The molecule has 0 spiro atoms. The molecule has 0 bridgehead atoms. The number of para-hydroxylation sites is 1. The fourth-order valence-corrected chi connectivity index (χ4v) is 3.25. The van der Waals surface area contributed by atoms with Gasteiger partial charge in [-0.05, 0) is 29.8 Å². The maximum atomic E-state index is 10.2. The van der Waals surface area contributed by atoms with Crippen molar-refractivity contribution in [3.8, 4) is 16.9 Å². The zero-order valence-electron chi connectivity index (χ0n) is 12.2. The van der Waals surface area contributed by atoms with Gasteiger partial charge in [-0.15, -0.1) is 0 Å². The molecule has 0 aliphatic carbocycles. The van der Waals surface area contributed by atoms with Crippen LogP contribution in [0.3, 0.4) is 0 Å². The number of aromatic nitrogens is 1. The molecule has 0 radical (unpaired) electrons. The third-order valence-electron chi connectivity index (χ3n) is 4.28. The molecule has 0 aliphatic rings. The Morgan fingerprint density at radius 2 is 1.41 bits per heavy atom. The summed E-state index contributed by atoms with van der Waals surface area (Å²) in [6.07, 6.45) is 0. The minimum Gasteiger partial charge on any atom is -0.507 e. The van der Waals surface area contributed by atoms with Gasteiger partial charge in [-0.1, -0.05) is 36.4 Å². The molecule has 1 heterocycles. The number of phenolic OH excluding ortho intramolecular Hbond substituents is 1. The summed E-state index contributed by atoms with van der Waals surface area (Å²) in [5.41, 5.74) is 11.0. The van der Waals surface area contributed by atoms with Crippen molar-refractivity contribution in [2.24, 2.45) is 7.05 Å². The predicted molar refractivity (Wildman–Crippen MR) is 91.9 cm³/mol. The largest absolute Gasteiger partial charge is 0.507 e. The zero-order chi connectivity index (χ0) is 15.3. The highest BCUT2D eigenvalue weighted by atomic mass is 16.3. The Hall–Kier alpha value is -2.94. The Bertz CT molecular complexity index is 1010. The maximum Gasteiger partial charge on any atom is 0.123 e. The van der Waals surface area contributed by atoms with Gasteiger partial charge in [0.15, 0.2) is 0 Å². The smallest absolute Gasteiger partial charge is 0.123 e. The number of aryl methyl sites for hydroxylation is 1. The van der Waals surface area contributed by atoms with Crippen molar-refractivity contribution in [1.29, 1.82) is 0 Å². The van der Waals surface area contributed by atoms with Gasteiger partial charge >= 0.3 is 0 Å². The fraction of sp³-hybridized carbons (Fsp3) is 0.0526. The van der Waals surface area contributed by atoms with E-state index < -0.39 is 0 Å². The lowest BCUT2D eigenvalue weighted by atomic mass is 9.98. The molecule has 22 heavy (non-hydrogen) atoms. The molecule has 0 atom stereocenters. The van der Waals surface area contributed by atoms with Crippen LogP contribution in [0.2, 0.25) is 0 Å². The molecule has 3 nitrogen and oxygen atoms in total. The molecule has 108 valence electrons. The van der Waals surface area contributed by atoms with Crippen LogP contribution in [-0.4, -0.2) is 9.67 Å². The normalized spacial score (nSPS) is 11.3. The highest BCUT2D eigenvalue weighted by Gasteiger charge is 2.16. The van der Waals surface area contributed by atoms with Gasteiger partial charge in [0.2, 0.25) is 0 Å². The van der Waals surface area contributed by atoms with E-state index in [0.29, 0.717) is 0 Å². The van der Waals surface area contributed by atoms with Gasteiger partial charge in [-0.2, -0.15) is 0 Å². The third-order valence-corrected chi connectivity index (χ3v) is 4.28. The maximum absolute atomic E-state index is 10.2. The van der Waals surface area contributed by atoms with Crippen LogP contribution in [0, 0.1) is 0 Å². The summed E-state index contributed by atoms with van der Waals surface area (Å²) in [5, 5.41) is 12.4. The summed E-state index contributed by atoms with van der Waals surface area (Å²) in [6.45, 7) is 0. The van der Waals surface area contributed by atoms with Gasteiger partial charge in [0, 0.05) is 34.6 Å². The van der Waals surface area contributed by atoms with Crippen LogP contribution in [0.1, 0.15) is 0 Å². The average Bonchev–Trinajstić information content (AvgIpc) is 2.83. The monoisotopic (exact) mass is 288 g/mol. The average molecular weight is 288 g/mol. The molecule has 3 N–H and O–H groups in total. The van der Waals surface area contributed by atoms with Gasteiger partial charge < -0.3 is 15.4 Å². The van der Waals surface area contributed by atoms with Crippen LogP contribution in [-0.2, 0) is 7.05 Å². The number of nitrogen functional groups attached to an aromatic ring is 1. The first-order valence-corrected chi connectivity index (χ1v) is 7.22. The van der Waals surface area contributed by atoms with Crippen molar-refractivity contribution in [2.75, 3.05) is 5.73 Å². The topological polar surface area (TPSA) is 51.2 Å². The number of rotatable bonds is 1. The first-order chi connectivity index (χ1) is 10.7. The molecule has 3 heteroatoms. The summed E-state index contributed by atoms with van der Waals surface area (Å²) in [7, 11) is 2.04. The van der Waals surface area contributed by atoms with Crippen LogP contribution >= 0.6 is 0 Å². The first kappa shape index (κ1) is 12.8. The van der Waals surface area contributed by atoms with Crippen molar-refractivity contribution in [2.45, 2.75) is 0 Å². The van der Waals surface area contributed by atoms with Crippen LogP contribution in [0.5, 0.6) is 5.75 Å². The molecule has 1 aromatic heterocycles. The van der Waals surface area contributed by atoms with Crippen molar-refractivity contribution in [3.63, 3.8) is 0 Å². The minimum atomic E-state index is 0.279. The Balaban J connectivity index is 2.25. The Kier molecular flexibility index (Phi) is 2.63. The number of anilines is 1. The number of hydrogen-bond acceptors (Lipinski definition) is 2. The van der Waals surface area contributed by atoms with Gasteiger partial charge in [-0.3, -0.25) is 0 Å². The SMILES string of the molecule is Cn1c2cccc(N)c2c2c(-c3ccccc3O)cccc21. The van der Waals surface area contributed by atoms with E-state index in [1.165, 1.54) is 0 Å². The molecule has 0 aliphatic heterocycles. The molecule has 0 saturated heterocycles. The molecule has 4 rings (SSSR count). The van der Waals surface area contributed by atoms with E-state index in [9.17, 15) is 5.11 Å². The number of nitrogens with two attached hydrogens (primary N) is 1. The molecule has 0 saturated carbocycles. The van der Waals surface area contributed by atoms with E-state index >= 15 is 0 Å². The zero-order valence-corrected chi connectivity index (χ0v) is 12.2. The third kappa shape index (κ3) is 1.62. The van der Waals surface area contributed by atoms with E-state index in [0.717, 1.165) is 38.6 Å². The molecule has 0 amide bonds. The van der Waals surface area contributed by atoms with Gasteiger partial charge in [0.25, 0.3) is 0 Å². The Labute approximate surface area is 128 Å². The van der Waals surface area contributed by atoms with E-state index in [2.05, 4.69) is 16.7 Å². The molecule has 0 fully saturated rings. The minimum absolute atomic E-state index is 0.279.